The number of para-hydroxylation sites is 2. The highest BCUT2D eigenvalue weighted by molar-refractivity contribution is 5.83. The number of hydrogen-bond acceptors (Lipinski definition) is 4. The normalized spacial score (nSPS) is 13.6. The molecule has 0 aliphatic heterocycles. The molecule has 2 aromatic carbocycles. The number of halogens is 1. The summed E-state index contributed by atoms with van der Waals surface area (Å²) < 4.78 is 11.9. The van der Waals surface area contributed by atoms with E-state index in [0.29, 0.717) is 17.6 Å². The molecule has 1 aromatic heterocycles. The van der Waals surface area contributed by atoms with E-state index in [1.807, 2.05) is 86.6 Å². The summed E-state index contributed by atoms with van der Waals surface area (Å²) in [6, 6.07) is 15.8. The van der Waals surface area contributed by atoms with E-state index in [2.05, 4.69) is 42.5 Å². The number of rotatable bonds is 3. The van der Waals surface area contributed by atoms with Crippen LogP contribution in [0.1, 0.15) is 114 Å². The highest BCUT2D eigenvalue weighted by Crippen LogP contribution is 2.32. The van der Waals surface area contributed by atoms with Crippen LogP contribution in [0.15, 0.2) is 72.4 Å². The Hall–Kier alpha value is -3.41. The van der Waals surface area contributed by atoms with E-state index in [9.17, 15) is 14.0 Å². The number of carbonyl (C=O) groups excluding carboxylic acids is 2. The number of fused-ring (bicyclic) bond motifs is 1. The summed E-state index contributed by atoms with van der Waals surface area (Å²) in [5, 5.41) is 0. The second kappa shape index (κ2) is 33.1. The van der Waals surface area contributed by atoms with Crippen LogP contribution in [0.25, 0.3) is 11.0 Å². The van der Waals surface area contributed by atoms with Gasteiger partial charge in [0.25, 0.3) is 0 Å². The third kappa shape index (κ3) is 27.2. The molecule has 1 amide bonds. The van der Waals surface area contributed by atoms with Crippen LogP contribution in [-0.2, 0) is 9.59 Å². The van der Waals surface area contributed by atoms with Crippen molar-refractivity contribution in [2.45, 2.75) is 116 Å². The smallest absolute Gasteiger partial charge is 0.214 e. The van der Waals surface area contributed by atoms with E-state index in [-0.39, 0.29) is 11.7 Å². The number of allylic oxidation sites excluding steroid dienone is 2. The first-order valence-corrected chi connectivity index (χ1v) is 15.9. The van der Waals surface area contributed by atoms with Crippen LogP contribution >= 0.6 is 0 Å². The maximum atomic E-state index is 11.9. The number of carbonyl (C=O) groups is 2. The molecule has 0 spiro atoms. The Morgan fingerprint density at radius 3 is 1.74 bits per heavy atom. The van der Waals surface area contributed by atoms with Crippen molar-refractivity contribution in [1.82, 2.24) is 9.97 Å². The molecule has 4 rings (SSSR count). The molecule has 1 heterocycles. The molecule has 0 saturated heterocycles. The van der Waals surface area contributed by atoms with E-state index < -0.39 is 0 Å². The number of aromatic nitrogens is 2. The summed E-state index contributed by atoms with van der Waals surface area (Å²) in [7, 11) is 0. The summed E-state index contributed by atoms with van der Waals surface area (Å²) in [5.74, 6) is 0.981. The lowest BCUT2D eigenvalue weighted by atomic mass is 9.99. The summed E-state index contributed by atoms with van der Waals surface area (Å²) in [4.78, 5) is 29.3. The number of primary amides is 1. The Morgan fingerprint density at radius 2 is 1.35 bits per heavy atom. The number of amides is 1. The maximum Gasteiger partial charge on any atom is 0.214 e. The van der Waals surface area contributed by atoms with Gasteiger partial charge in [0, 0.05) is 25.5 Å². The van der Waals surface area contributed by atoms with Crippen molar-refractivity contribution in [2.75, 3.05) is 0 Å². The van der Waals surface area contributed by atoms with Crippen LogP contribution in [0.3, 0.4) is 0 Å². The Bertz CT molecular complexity index is 1080. The third-order valence-corrected chi connectivity index (χ3v) is 5.25. The number of nitrogens with two attached hydrogens (primary N) is 1. The van der Waals surface area contributed by atoms with E-state index in [0.717, 1.165) is 42.4 Å². The number of Topliss-reactive ketones (excluding diaryl/α,β-unsaturated/α-hetero) is 1. The second-order valence-corrected chi connectivity index (χ2v) is 8.80. The summed E-state index contributed by atoms with van der Waals surface area (Å²) >= 11 is 0. The van der Waals surface area contributed by atoms with Crippen LogP contribution < -0.4 is 5.73 Å². The van der Waals surface area contributed by atoms with E-state index in [1.165, 1.54) is 24.6 Å². The first-order valence-electron chi connectivity index (χ1n) is 15.9. The molecular weight excluding hydrogens is 537 g/mol. The van der Waals surface area contributed by atoms with Crippen LogP contribution in [-0.4, -0.2) is 21.7 Å². The van der Waals surface area contributed by atoms with E-state index in [1.54, 1.807) is 24.4 Å². The first-order chi connectivity index (χ1) is 20.6. The molecule has 0 bridgehead atoms. The van der Waals surface area contributed by atoms with Gasteiger partial charge in [-0.1, -0.05) is 111 Å². The first kappa shape index (κ1) is 46.5. The molecule has 2 atom stereocenters. The van der Waals surface area contributed by atoms with Crippen LogP contribution in [0.5, 0.6) is 0 Å². The van der Waals surface area contributed by atoms with Gasteiger partial charge in [-0.25, -0.2) is 9.37 Å². The minimum Gasteiger partial charge on any atom is -0.370 e. The van der Waals surface area contributed by atoms with Crippen molar-refractivity contribution in [3.05, 3.63) is 84.0 Å². The zero-order chi connectivity index (χ0) is 34.2. The number of nitrogens with zero attached hydrogens (tertiary/aromatic N) is 2. The average Bonchev–Trinajstić information content (AvgIpc) is 3.40. The third-order valence-electron chi connectivity index (χ3n) is 5.25. The summed E-state index contributed by atoms with van der Waals surface area (Å²) in [5.41, 5.74) is 8.68. The standard InChI is InChI=1S/C12H20O.C9H8N2.C6H5F.C2H5NO.4C2H6/c1-4-10-7-11(12(13)8-10)6-5-9(2)3;1-7-6-10-8-4-2-3-5-9(8)11-7;7-6-4-2-1-3-5-6;1-2(3)4;4*1-2/h5,10-11H,4,6-8H2,1-3H3;2-6H,1H3;1-5H;1H3,(H2,3,4);4*1-2H3/t10-,11?;;;;;;;/m1......./s1. The van der Waals surface area contributed by atoms with Gasteiger partial charge in [0.2, 0.25) is 5.91 Å². The predicted octanol–water partition coefficient (Wildman–Crippen LogP) is 10.7. The largest absolute Gasteiger partial charge is 0.370 e. The van der Waals surface area contributed by atoms with Crippen molar-refractivity contribution in [3.8, 4) is 0 Å². The van der Waals surface area contributed by atoms with Crippen LogP contribution in [0.2, 0.25) is 0 Å². The zero-order valence-corrected chi connectivity index (χ0v) is 29.5. The number of benzene rings is 2. The van der Waals surface area contributed by atoms with Gasteiger partial charge in [0.05, 0.1) is 16.7 Å². The average molecular weight is 600 g/mol. The van der Waals surface area contributed by atoms with Crippen molar-refractivity contribution in [3.63, 3.8) is 0 Å². The Kier molecular flexibility index (Phi) is 35.8. The molecule has 1 aliphatic rings. The second-order valence-electron chi connectivity index (χ2n) is 8.80. The Balaban J connectivity index is -0.000000230. The highest BCUT2D eigenvalue weighted by atomic mass is 19.1. The molecule has 43 heavy (non-hydrogen) atoms. The zero-order valence-electron chi connectivity index (χ0n) is 29.5. The number of aryl methyl sites for hydroxylation is 1. The van der Waals surface area contributed by atoms with E-state index >= 15 is 0 Å². The van der Waals surface area contributed by atoms with Crippen molar-refractivity contribution < 1.29 is 14.0 Å². The maximum absolute atomic E-state index is 11.9. The van der Waals surface area contributed by atoms with Gasteiger partial charge in [-0.05, 0) is 63.8 Å². The fourth-order valence-corrected chi connectivity index (χ4v) is 3.45. The molecular formula is C37H62FN3O2. The van der Waals surface area contributed by atoms with Gasteiger partial charge < -0.3 is 5.73 Å². The lowest BCUT2D eigenvalue weighted by molar-refractivity contribution is -0.120. The SMILES string of the molecule is CC.CC.CC.CC.CC(N)=O.CC[C@H]1CC(=O)C(CC=C(C)C)C1.Cc1cnc2ccccc2n1.Fc1ccccc1. The number of hydrogen-bond donors (Lipinski definition) is 1. The van der Waals surface area contributed by atoms with Gasteiger partial charge in [0.1, 0.15) is 11.6 Å². The van der Waals surface area contributed by atoms with Crippen molar-refractivity contribution >= 4 is 22.7 Å². The van der Waals surface area contributed by atoms with Crippen molar-refractivity contribution in [2.24, 2.45) is 17.6 Å². The van der Waals surface area contributed by atoms with Gasteiger partial charge in [0.15, 0.2) is 0 Å². The molecule has 5 nitrogen and oxygen atoms in total. The highest BCUT2D eigenvalue weighted by Gasteiger charge is 2.30. The lowest BCUT2D eigenvalue weighted by Gasteiger charge is -2.05. The Labute approximate surface area is 263 Å². The molecule has 1 saturated carbocycles. The Morgan fingerprint density at radius 1 is 0.884 bits per heavy atom. The van der Waals surface area contributed by atoms with Gasteiger partial charge >= 0.3 is 0 Å². The van der Waals surface area contributed by atoms with Crippen LogP contribution in [0.4, 0.5) is 4.39 Å². The van der Waals surface area contributed by atoms with Gasteiger partial charge in [-0.3, -0.25) is 14.6 Å². The molecule has 1 fully saturated rings. The molecule has 3 aromatic rings. The van der Waals surface area contributed by atoms with Crippen LogP contribution in [0, 0.1) is 24.6 Å². The molecule has 1 unspecified atom stereocenters. The van der Waals surface area contributed by atoms with E-state index in [4.69, 9.17) is 0 Å². The summed E-state index contributed by atoms with van der Waals surface area (Å²) in [6.45, 7) is 25.6. The molecule has 244 valence electrons. The molecule has 0 radical (unpaired) electrons. The fraction of sp³-hybridized carbons (Fsp3) is 0.514. The molecule has 2 N–H and O–H groups in total. The lowest BCUT2D eigenvalue weighted by Crippen LogP contribution is -2.04. The molecule has 6 heteroatoms. The minimum absolute atomic E-state index is 0.178. The quantitative estimate of drug-likeness (QED) is 0.303. The predicted molar refractivity (Wildman–Crippen MR) is 186 cm³/mol. The minimum atomic E-state index is -0.333. The van der Waals surface area contributed by atoms with Crippen molar-refractivity contribution in [1.29, 1.82) is 0 Å². The monoisotopic (exact) mass is 599 g/mol. The topological polar surface area (TPSA) is 85.9 Å². The summed E-state index contributed by atoms with van der Waals surface area (Å²) in [6.07, 6.45) is 8.06. The fourth-order valence-electron chi connectivity index (χ4n) is 3.45. The van der Waals surface area contributed by atoms with Gasteiger partial charge in [-0.15, -0.1) is 0 Å². The van der Waals surface area contributed by atoms with Gasteiger partial charge in [-0.2, -0.15) is 0 Å². The number of ketones is 1. The molecule has 1 aliphatic carbocycles.